The minimum absolute atomic E-state index is 0.0726. The third-order valence-corrected chi connectivity index (χ3v) is 5.38. The van der Waals surface area contributed by atoms with Gasteiger partial charge in [-0.15, -0.1) is 11.3 Å². The number of carbonyl (C=O) groups is 1. The smallest absolute Gasteiger partial charge is 0.263 e. The first-order chi connectivity index (χ1) is 11.7. The Morgan fingerprint density at radius 3 is 2.83 bits per heavy atom. The van der Waals surface area contributed by atoms with Crippen molar-refractivity contribution in [2.24, 2.45) is 0 Å². The van der Waals surface area contributed by atoms with E-state index in [0.717, 1.165) is 6.42 Å². The van der Waals surface area contributed by atoms with Gasteiger partial charge in [-0.05, 0) is 30.5 Å². The van der Waals surface area contributed by atoms with Crippen LogP contribution >= 0.6 is 11.3 Å². The van der Waals surface area contributed by atoms with Crippen molar-refractivity contribution >= 4 is 17.2 Å². The summed E-state index contributed by atoms with van der Waals surface area (Å²) in [4.78, 5) is 25.9. The van der Waals surface area contributed by atoms with Gasteiger partial charge in [-0.25, -0.2) is 15.0 Å². The van der Waals surface area contributed by atoms with Gasteiger partial charge in [-0.2, -0.15) is 0 Å². The number of rotatable bonds is 4. The van der Waals surface area contributed by atoms with Gasteiger partial charge in [0.25, 0.3) is 5.91 Å². The molecule has 0 saturated heterocycles. The summed E-state index contributed by atoms with van der Waals surface area (Å²) in [5.74, 6) is 0.893. The molecule has 4 rings (SSSR count). The lowest BCUT2D eigenvalue weighted by Gasteiger charge is -2.30. The molecule has 5 nitrogen and oxygen atoms in total. The molecule has 0 fully saturated rings. The SMILES string of the molecule is Cc1nc(-c2ncccn2)sc1C(=O)NC[C@H]1Cc2ccccc21. The van der Waals surface area contributed by atoms with E-state index in [1.807, 2.05) is 13.0 Å². The van der Waals surface area contributed by atoms with Gasteiger partial charge < -0.3 is 5.32 Å². The maximum Gasteiger partial charge on any atom is 0.263 e. The fraction of sp³-hybridized carbons (Fsp3) is 0.222. The molecular formula is C18H16N4OS. The van der Waals surface area contributed by atoms with Gasteiger partial charge in [0.2, 0.25) is 0 Å². The largest absolute Gasteiger partial charge is 0.351 e. The topological polar surface area (TPSA) is 67.8 Å². The van der Waals surface area contributed by atoms with Crippen LogP contribution in [0, 0.1) is 6.92 Å². The van der Waals surface area contributed by atoms with E-state index >= 15 is 0 Å². The van der Waals surface area contributed by atoms with Crippen LogP contribution in [0.15, 0.2) is 42.7 Å². The quantitative estimate of drug-likeness (QED) is 0.795. The van der Waals surface area contributed by atoms with Gasteiger partial charge >= 0.3 is 0 Å². The van der Waals surface area contributed by atoms with E-state index in [1.54, 1.807) is 18.5 Å². The van der Waals surface area contributed by atoms with Crippen LogP contribution in [0.5, 0.6) is 0 Å². The number of amides is 1. The molecule has 1 aliphatic carbocycles. The van der Waals surface area contributed by atoms with E-state index in [4.69, 9.17) is 0 Å². The molecule has 0 bridgehead atoms. The number of nitrogens with zero attached hydrogens (tertiary/aromatic N) is 3. The molecular weight excluding hydrogens is 320 g/mol. The summed E-state index contributed by atoms with van der Waals surface area (Å²) in [7, 11) is 0. The molecule has 0 aliphatic heterocycles. The normalized spacial score (nSPS) is 15.5. The Hall–Kier alpha value is -2.60. The van der Waals surface area contributed by atoms with Crippen molar-refractivity contribution < 1.29 is 4.79 Å². The molecule has 2 heterocycles. The van der Waals surface area contributed by atoms with E-state index in [9.17, 15) is 4.79 Å². The van der Waals surface area contributed by atoms with Gasteiger partial charge in [0, 0.05) is 24.9 Å². The molecule has 1 N–H and O–H groups in total. The van der Waals surface area contributed by atoms with Gasteiger partial charge in [0.15, 0.2) is 10.8 Å². The number of thiazole rings is 1. The highest BCUT2D eigenvalue weighted by molar-refractivity contribution is 7.17. The second kappa shape index (κ2) is 6.13. The van der Waals surface area contributed by atoms with Crippen molar-refractivity contribution in [3.8, 4) is 10.8 Å². The van der Waals surface area contributed by atoms with E-state index in [-0.39, 0.29) is 5.91 Å². The zero-order valence-corrected chi connectivity index (χ0v) is 14.0. The van der Waals surface area contributed by atoms with E-state index < -0.39 is 0 Å². The van der Waals surface area contributed by atoms with Gasteiger partial charge in [0.05, 0.1) is 5.69 Å². The van der Waals surface area contributed by atoms with Crippen molar-refractivity contribution in [3.05, 3.63) is 64.4 Å². The zero-order chi connectivity index (χ0) is 16.5. The maximum atomic E-state index is 12.5. The van der Waals surface area contributed by atoms with E-state index in [2.05, 4.69) is 38.5 Å². The Balaban J connectivity index is 1.45. The molecule has 2 aromatic heterocycles. The van der Waals surface area contributed by atoms with Crippen molar-refractivity contribution in [1.82, 2.24) is 20.3 Å². The minimum atomic E-state index is -0.0726. The number of aryl methyl sites for hydroxylation is 1. The van der Waals surface area contributed by atoms with Crippen LogP contribution in [-0.4, -0.2) is 27.4 Å². The van der Waals surface area contributed by atoms with E-state index in [1.165, 1.54) is 22.5 Å². The van der Waals surface area contributed by atoms with Gasteiger partial charge in [-0.3, -0.25) is 4.79 Å². The highest BCUT2D eigenvalue weighted by atomic mass is 32.1. The molecule has 0 radical (unpaired) electrons. The minimum Gasteiger partial charge on any atom is -0.351 e. The molecule has 0 saturated carbocycles. The number of fused-ring (bicyclic) bond motifs is 1. The summed E-state index contributed by atoms with van der Waals surface area (Å²) in [5, 5.41) is 3.71. The molecule has 0 spiro atoms. The number of hydrogen-bond donors (Lipinski definition) is 1. The summed E-state index contributed by atoms with van der Waals surface area (Å²) in [6.45, 7) is 2.50. The summed E-state index contributed by atoms with van der Waals surface area (Å²) in [5.41, 5.74) is 3.44. The summed E-state index contributed by atoms with van der Waals surface area (Å²) in [6, 6.07) is 10.1. The van der Waals surface area contributed by atoms with Crippen LogP contribution < -0.4 is 5.32 Å². The van der Waals surface area contributed by atoms with Crippen molar-refractivity contribution in [3.63, 3.8) is 0 Å². The zero-order valence-electron chi connectivity index (χ0n) is 13.2. The monoisotopic (exact) mass is 336 g/mol. The van der Waals surface area contributed by atoms with Gasteiger partial charge in [-0.1, -0.05) is 24.3 Å². The van der Waals surface area contributed by atoms with Crippen LogP contribution in [0.1, 0.15) is 32.4 Å². The summed E-state index contributed by atoms with van der Waals surface area (Å²) < 4.78 is 0. The third-order valence-electron chi connectivity index (χ3n) is 4.23. The Kier molecular flexibility index (Phi) is 3.82. The van der Waals surface area contributed by atoms with Crippen molar-refractivity contribution in [2.75, 3.05) is 6.54 Å². The first-order valence-corrected chi connectivity index (χ1v) is 8.65. The Labute approximate surface area is 143 Å². The van der Waals surface area contributed by atoms with Crippen LogP contribution in [-0.2, 0) is 6.42 Å². The number of benzene rings is 1. The Morgan fingerprint density at radius 1 is 1.25 bits per heavy atom. The Bertz CT molecular complexity index is 891. The molecule has 1 atom stereocenters. The highest BCUT2D eigenvalue weighted by Gasteiger charge is 2.26. The fourth-order valence-corrected chi connectivity index (χ4v) is 3.88. The average molecular weight is 336 g/mol. The van der Waals surface area contributed by atoms with Crippen molar-refractivity contribution in [1.29, 1.82) is 0 Å². The van der Waals surface area contributed by atoms with Gasteiger partial charge in [0.1, 0.15) is 4.88 Å². The second-order valence-corrected chi connectivity index (χ2v) is 6.81. The second-order valence-electron chi connectivity index (χ2n) is 5.82. The predicted molar refractivity (Wildman–Crippen MR) is 93.1 cm³/mol. The predicted octanol–water partition coefficient (Wildman–Crippen LogP) is 2.98. The van der Waals surface area contributed by atoms with Crippen LogP contribution in [0.2, 0.25) is 0 Å². The number of nitrogens with one attached hydrogen (secondary N) is 1. The third kappa shape index (κ3) is 2.69. The number of hydrogen-bond acceptors (Lipinski definition) is 5. The molecule has 120 valence electrons. The lowest BCUT2D eigenvalue weighted by Crippen LogP contribution is -2.33. The molecule has 1 amide bonds. The molecule has 1 aliphatic rings. The molecule has 1 aromatic carbocycles. The number of aromatic nitrogens is 3. The van der Waals surface area contributed by atoms with Crippen molar-refractivity contribution in [2.45, 2.75) is 19.3 Å². The Morgan fingerprint density at radius 2 is 2.04 bits per heavy atom. The molecule has 24 heavy (non-hydrogen) atoms. The first-order valence-electron chi connectivity index (χ1n) is 7.83. The lowest BCUT2D eigenvalue weighted by molar-refractivity contribution is 0.0953. The summed E-state index contributed by atoms with van der Waals surface area (Å²) >= 11 is 1.34. The molecule has 6 heteroatoms. The summed E-state index contributed by atoms with van der Waals surface area (Å²) in [6.07, 6.45) is 4.38. The van der Waals surface area contributed by atoms with Crippen LogP contribution in [0.25, 0.3) is 10.8 Å². The first kappa shape index (κ1) is 15.0. The standard InChI is InChI=1S/C18H16N4OS/c1-11-15(24-18(22-11)16-19-7-4-8-20-16)17(23)21-10-13-9-12-5-2-3-6-14(12)13/h2-8,13H,9-10H2,1H3,(H,21,23)/t13-/m1/s1. The fourth-order valence-electron chi connectivity index (χ4n) is 2.95. The van der Waals surface area contributed by atoms with Crippen LogP contribution in [0.3, 0.4) is 0 Å². The number of carbonyl (C=O) groups excluding carboxylic acids is 1. The lowest BCUT2D eigenvalue weighted by atomic mass is 9.77. The highest BCUT2D eigenvalue weighted by Crippen LogP contribution is 2.34. The van der Waals surface area contributed by atoms with E-state index in [0.29, 0.717) is 33.9 Å². The molecule has 0 unspecified atom stereocenters. The average Bonchev–Trinajstić information content (AvgIpc) is 2.98. The van der Waals surface area contributed by atoms with Crippen LogP contribution in [0.4, 0.5) is 0 Å². The molecule has 3 aromatic rings. The maximum absolute atomic E-state index is 12.5.